The summed E-state index contributed by atoms with van der Waals surface area (Å²) in [5.41, 5.74) is 1.28. The van der Waals surface area contributed by atoms with E-state index in [1.54, 1.807) is 29.2 Å². The molecule has 6 heteroatoms. The molecule has 0 radical (unpaired) electrons. The Kier molecular flexibility index (Phi) is 7.25. The summed E-state index contributed by atoms with van der Waals surface area (Å²) >= 11 is 0. The molecule has 6 nitrogen and oxygen atoms in total. The Labute approximate surface area is 149 Å². The molecular weight excluding hydrogens is 318 g/mol. The zero-order chi connectivity index (χ0) is 18.2. The van der Waals surface area contributed by atoms with Crippen molar-refractivity contribution >= 4 is 17.6 Å². The third kappa shape index (κ3) is 5.46. The van der Waals surface area contributed by atoms with Crippen LogP contribution in [0.1, 0.15) is 49.9 Å². The summed E-state index contributed by atoms with van der Waals surface area (Å²) in [6.07, 6.45) is 2.98. The third-order valence-corrected chi connectivity index (χ3v) is 4.34. The van der Waals surface area contributed by atoms with Crippen LogP contribution in [0.5, 0.6) is 0 Å². The number of likely N-dealkylation sites (tertiary alicyclic amines) is 1. The Hall–Kier alpha value is -2.08. The van der Waals surface area contributed by atoms with E-state index in [0.717, 1.165) is 38.8 Å². The fraction of sp³-hybridized carbons (Fsp3) is 0.579. The number of β-amino-alcohol motifs (C(OH)–C–C–N with tert-alkyl or cyclic N) is 1. The van der Waals surface area contributed by atoms with E-state index >= 15 is 0 Å². The predicted molar refractivity (Wildman–Crippen MR) is 98.8 cm³/mol. The minimum atomic E-state index is -0.442. The maximum Gasteiger partial charge on any atom is 0.321 e. The maximum absolute atomic E-state index is 12.5. The molecule has 1 atom stereocenters. The van der Waals surface area contributed by atoms with E-state index in [-0.39, 0.29) is 11.9 Å². The standard InChI is InChI=1S/C19H29N3O3/c1-3-11-21(12-4-2)18(24)15-7-9-16(10-8-15)20-19(25)22-13-5-6-17(23)14-22/h7-10,17,23H,3-6,11-14H2,1-2H3,(H,20,25)/t17-/m0/s1. The van der Waals surface area contributed by atoms with Gasteiger partial charge in [-0.25, -0.2) is 4.79 Å². The average molecular weight is 347 g/mol. The van der Waals surface area contributed by atoms with Gasteiger partial charge >= 0.3 is 6.03 Å². The SMILES string of the molecule is CCCN(CCC)C(=O)c1ccc(NC(=O)N2CCC[C@H](O)C2)cc1. The number of hydrogen-bond donors (Lipinski definition) is 2. The molecule has 2 rings (SSSR count). The lowest BCUT2D eigenvalue weighted by Crippen LogP contribution is -2.44. The zero-order valence-corrected chi connectivity index (χ0v) is 15.2. The first-order chi connectivity index (χ1) is 12.0. The van der Waals surface area contributed by atoms with Crippen molar-refractivity contribution in [2.75, 3.05) is 31.5 Å². The molecule has 1 aliphatic rings. The summed E-state index contributed by atoms with van der Waals surface area (Å²) in [7, 11) is 0. The van der Waals surface area contributed by atoms with Gasteiger partial charge in [0.15, 0.2) is 0 Å². The lowest BCUT2D eigenvalue weighted by atomic mass is 10.1. The van der Waals surface area contributed by atoms with E-state index in [0.29, 0.717) is 24.3 Å². The summed E-state index contributed by atoms with van der Waals surface area (Å²) in [6.45, 7) is 6.65. The Morgan fingerprint density at radius 1 is 1.20 bits per heavy atom. The molecular formula is C19H29N3O3. The number of piperidine rings is 1. The van der Waals surface area contributed by atoms with E-state index in [2.05, 4.69) is 19.2 Å². The second-order valence-electron chi connectivity index (χ2n) is 6.54. The topological polar surface area (TPSA) is 72.9 Å². The van der Waals surface area contributed by atoms with Crippen LogP contribution in [0.15, 0.2) is 24.3 Å². The molecule has 1 aromatic rings. The van der Waals surface area contributed by atoms with Crippen LogP contribution in [0, 0.1) is 0 Å². The van der Waals surface area contributed by atoms with E-state index in [1.165, 1.54) is 0 Å². The minimum Gasteiger partial charge on any atom is -0.391 e. The number of urea groups is 1. The van der Waals surface area contributed by atoms with Crippen molar-refractivity contribution in [1.29, 1.82) is 0 Å². The van der Waals surface area contributed by atoms with Gasteiger partial charge in [-0.05, 0) is 49.9 Å². The number of carbonyl (C=O) groups excluding carboxylic acids is 2. The first-order valence-electron chi connectivity index (χ1n) is 9.18. The largest absolute Gasteiger partial charge is 0.391 e. The second-order valence-corrected chi connectivity index (χ2v) is 6.54. The van der Waals surface area contributed by atoms with E-state index < -0.39 is 6.10 Å². The number of hydrogen-bond acceptors (Lipinski definition) is 3. The van der Waals surface area contributed by atoms with Gasteiger partial charge in [0, 0.05) is 37.4 Å². The quantitative estimate of drug-likeness (QED) is 0.831. The van der Waals surface area contributed by atoms with Crippen molar-refractivity contribution in [3.63, 3.8) is 0 Å². The molecule has 0 spiro atoms. The molecule has 2 N–H and O–H groups in total. The highest BCUT2D eigenvalue weighted by Gasteiger charge is 2.22. The fourth-order valence-electron chi connectivity index (χ4n) is 3.08. The Balaban J connectivity index is 1.96. The van der Waals surface area contributed by atoms with Gasteiger partial charge in [-0.2, -0.15) is 0 Å². The molecule has 1 aliphatic heterocycles. The molecule has 1 aromatic carbocycles. The number of amides is 3. The summed E-state index contributed by atoms with van der Waals surface area (Å²) in [4.78, 5) is 28.3. The van der Waals surface area contributed by atoms with Crippen molar-refractivity contribution in [3.8, 4) is 0 Å². The van der Waals surface area contributed by atoms with Crippen molar-refractivity contribution in [2.24, 2.45) is 0 Å². The minimum absolute atomic E-state index is 0.0285. The number of nitrogens with zero attached hydrogens (tertiary/aromatic N) is 2. The van der Waals surface area contributed by atoms with Gasteiger partial charge < -0.3 is 20.2 Å². The van der Waals surface area contributed by atoms with Crippen molar-refractivity contribution in [1.82, 2.24) is 9.80 Å². The molecule has 25 heavy (non-hydrogen) atoms. The van der Waals surface area contributed by atoms with Crippen molar-refractivity contribution in [3.05, 3.63) is 29.8 Å². The van der Waals surface area contributed by atoms with E-state index in [1.807, 2.05) is 4.90 Å². The number of rotatable bonds is 6. The van der Waals surface area contributed by atoms with E-state index in [4.69, 9.17) is 0 Å². The smallest absolute Gasteiger partial charge is 0.321 e. The van der Waals surface area contributed by atoms with Gasteiger partial charge in [0.1, 0.15) is 0 Å². The second kappa shape index (κ2) is 9.42. The van der Waals surface area contributed by atoms with Crippen LogP contribution in [0.4, 0.5) is 10.5 Å². The number of aliphatic hydroxyl groups is 1. The van der Waals surface area contributed by atoms with Gasteiger partial charge in [0.2, 0.25) is 0 Å². The molecule has 3 amide bonds. The van der Waals surface area contributed by atoms with Crippen molar-refractivity contribution < 1.29 is 14.7 Å². The van der Waals surface area contributed by atoms with Gasteiger partial charge in [-0.15, -0.1) is 0 Å². The molecule has 0 saturated carbocycles. The fourth-order valence-corrected chi connectivity index (χ4v) is 3.08. The highest BCUT2D eigenvalue weighted by atomic mass is 16.3. The van der Waals surface area contributed by atoms with Crippen molar-refractivity contribution in [2.45, 2.75) is 45.6 Å². The molecule has 1 saturated heterocycles. The molecule has 1 heterocycles. The normalized spacial score (nSPS) is 17.2. The highest BCUT2D eigenvalue weighted by Crippen LogP contribution is 2.15. The Bertz CT molecular complexity index is 568. The zero-order valence-electron chi connectivity index (χ0n) is 15.2. The van der Waals surface area contributed by atoms with Gasteiger partial charge in [0.25, 0.3) is 5.91 Å². The summed E-state index contributed by atoms with van der Waals surface area (Å²) < 4.78 is 0. The third-order valence-electron chi connectivity index (χ3n) is 4.34. The lowest BCUT2D eigenvalue weighted by molar-refractivity contribution is 0.0755. The molecule has 1 fully saturated rings. The van der Waals surface area contributed by atoms with Crippen LogP contribution in [0.2, 0.25) is 0 Å². The Morgan fingerprint density at radius 3 is 2.40 bits per heavy atom. The molecule has 0 bridgehead atoms. The maximum atomic E-state index is 12.5. The van der Waals surface area contributed by atoms with Gasteiger partial charge in [-0.3, -0.25) is 4.79 Å². The summed E-state index contributed by atoms with van der Waals surface area (Å²) in [6, 6.07) is 6.79. The number of aliphatic hydroxyl groups excluding tert-OH is 1. The molecule has 0 unspecified atom stereocenters. The predicted octanol–water partition coefficient (Wildman–Crippen LogP) is 2.94. The average Bonchev–Trinajstić information content (AvgIpc) is 2.61. The number of nitrogens with one attached hydrogen (secondary N) is 1. The monoisotopic (exact) mass is 347 g/mol. The molecule has 0 aliphatic carbocycles. The Morgan fingerprint density at radius 2 is 1.84 bits per heavy atom. The number of anilines is 1. The number of benzene rings is 1. The van der Waals surface area contributed by atoms with E-state index in [9.17, 15) is 14.7 Å². The first-order valence-corrected chi connectivity index (χ1v) is 9.18. The summed E-state index contributed by atoms with van der Waals surface area (Å²) in [5, 5.41) is 12.5. The van der Waals surface area contributed by atoms with Crippen LogP contribution < -0.4 is 5.32 Å². The van der Waals surface area contributed by atoms with Crippen LogP contribution in [-0.2, 0) is 0 Å². The highest BCUT2D eigenvalue weighted by molar-refractivity contribution is 5.95. The lowest BCUT2D eigenvalue weighted by Gasteiger charge is -2.30. The number of carbonyl (C=O) groups is 2. The van der Waals surface area contributed by atoms with Gasteiger partial charge in [-0.1, -0.05) is 13.8 Å². The van der Waals surface area contributed by atoms with Gasteiger partial charge in [0.05, 0.1) is 6.10 Å². The first kappa shape index (κ1) is 19.2. The van der Waals surface area contributed by atoms with Crippen LogP contribution in [0.3, 0.4) is 0 Å². The summed E-state index contributed by atoms with van der Waals surface area (Å²) in [5.74, 6) is 0.0285. The van der Waals surface area contributed by atoms with Crippen LogP contribution in [0.25, 0.3) is 0 Å². The van der Waals surface area contributed by atoms with Crippen LogP contribution >= 0.6 is 0 Å². The molecule has 0 aromatic heterocycles. The molecule has 138 valence electrons. The van der Waals surface area contributed by atoms with Crippen LogP contribution in [-0.4, -0.2) is 59.1 Å².